The fraction of sp³-hybridized carbons (Fsp3) is 0.389. The normalized spacial score (nSPS) is 23.4. The van der Waals surface area contributed by atoms with E-state index in [1.54, 1.807) is 6.92 Å². The summed E-state index contributed by atoms with van der Waals surface area (Å²) in [6, 6.07) is 3.24. The van der Waals surface area contributed by atoms with Crippen LogP contribution in [0.5, 0.6) is 0 Å². The third-order valence-electron chi connectivity index (χ3n) is 4.70. The predicted octanol–water partition coefficient (Wildman–Crippen LogP) is 3.14. The van der Waals surface area contributed by atoms with Crippen molar-refractivity contribution in [2.24, 2.45) is 0 Å². The van der Waals surface area contributed by atoms with Crippen LogP contribution in [-0.2, 0) is 10.0 Å². The lowest BCUT2D eigenvalue weighted by atomic mass is 9.84. The van der Waals surface area contributed by atoms with Crippen LogP contribution in [0.3, 0.4) is 0 Å². The van der Waals surface area contributed by atoms with Gasteiger partial charge >= 0.3 is 0 Å². The Labute approximate surface area is 155 Å². The molecule has 146 valence electrons. The minimum Gasteiger partial charge on any atom is -0.390 e. The summed E-state index contributed by atoms with van der Waals surface area (Å²) in [7, 11) is -3.98. The quantitative estimate of drug-likeness (QED) is 0.827. The fourth-order valence-electron chi connectivity index (χ4n) is 3.11. The molecule has 0 bridgehead atoms. The number of benzene rings is 1. The Bertz CT molecular complexity index is 954. The third kappa shape index (κ3) is 4.48. The Hall–Kier alpha value is -1.97. The molecule has 9 heteroatoms. The molecule has 1 fully saturated rings. The van der Waals surface area contributed by atoms with Gasteiger partial charge in [-0.1, -0.05) is 0 Å². The minimum atomic E-state index is -3.98. The Morgan fingerprint density at radius 2 is 1.81 bits per heavy atom. The van der Waals surface area contributed by atoms with E-state index in [9.17, 15) is 26.7 Å². The first-order valence-electron chi connectivity index (χ1n) is 8.43. The average molecular weight is 400 g/mol. The molecule has 5 nitrogen and oxygen atoms in total. The van der Waals surface area contributed by atoms with Crippen LogP contribution in [0.2, 0.25) is 0 Å². The first-order chi connectivity index (χ1) is 12.6. The molecule has 0 amide bonds. The summed E-state index contributed by atoms with van der Waals surface area (Å²) in [5, 5.41) is 9.94. The van der Waals surface area contributed by atoms with E-state index in [1.807, 2.05) is 0 Å². The second-order valence-corrected chi connectivity index (χ2v) is 8.73. The van der Waals surface area contributed by atoms with Gasteiger partial charge in [-0.3, -0.25) is 4.98 Å². The highest BCUT2D eigenvalue weighted by atomic mass is 32.2. The maximum atomic E-state index is 14.4. The molecule has 1 heterocycles. The number of pyridine rings is 1. The monoisotopic (exact) mass is 400 g/mol. The maximum absolute atomic E-state index is 14.4. The van der Waals surface area contributed by atoms with E-state index in [1.165, 1.54) is 0 Å². The molecule has 2 aromatic rings. The molecule has 0 saturated heterocycles. The van der Waals surface area contributed by atoms with Gasteiger partial charge < -0.3 is 5.11 Å². The summed E-state index contributed by atoms with van der Waals surface area (Å²) in [6.45, 7) is 1.70. The van der Waals surface area contributed by atoms with Gasteiger partial charge in [0.25, 0.3) is 0 Å². The van der Waals surface area contributed by atoms with Gasteiger partial charge in [0.05, 0.1) is 16.7 Å². The number of nitrogens with zero attached hydrogens (tertiary/aromatic N) is 1. The smallest absolute Gasteiger partial charge is 0.240 e. The molecule has 3 rings (SSSR count). The highest BCUT2D eigenvalue weighted by molar-refractivity contribution is 7.89. The molecule has 0 aliphatic heterocycles. The average Bonchev–Trinajstić information content (AvgIpc) is 2.57. The number of aliphatic hydroxyl groups is 1. The molecule has 0 unspecified atom stereocenters. The molecule has 0 atom stereocenters. The molecule has 2 N–H and O–H groups in total. The second kappa shape index (κ2) is 7.21. The maximum Gasteiger partial charge on any atom is 0.240 e. The van der Waals surface area contributed by atoms with Crippen molar-refractivity contribution in [3.63, 3.8) is 0 Å². The first kappa shape index (κ1) is 19.8. The van der Waals surface area contributed by atoms with Crippen LogP contribution in [0.4, 0.5) is 13.2 Å². The Morgan fingerprint density at radius 1 is 1.15 bits per heavy atom. The predicted molar refractivity (Wildman–Crippen MR) is 92.7 cm³/mol. The molecule has 0 radical (unpaired) electrons. The molecule has 1 aromatic carbocycles. The Balaban J connectivity index is 1.82. The number of sulfonamides is 1. The highest BCUT2D eigenvalue weighted by Gasteiger charge is 2.31. The molecular formula is C18H19F3N2O3S. The van der Waals surface area contributed by atoms with Gasteiger partial charge in [0.15, 0.2) is 5.82 Å². The van der Waals surface area contributed by atoms with Gasteiger partial charge in [-0.05, 0) is 50.8 Å². The number of aromatic nitrogens is 1. The summed E-state index contributed by atoms with van der Waals surface area (Å²) < 4.78 is 68.7. The Morgan fingerprint density at radius 3 is 2.41 bits per heavy atom. The van der Waals surface area contributed by atoms with Crippen molar-refractivity contribution in [1.29, 1.82) is 0 Å². The van der Waals surface area contributed by atoms with Gasteiger partial charge in [0, 0.05) is 17.7 Å². The lowest BCUT2D eigenvalue weighted by molar-refractivity contribution is 0.0163. The standard InChI is InChI=1S/C18H19F3N2O3S/c1-18(24)6-4-12(5-7-18)23-27(25,26)13-2-3-14(15(20)9-13)17-16(21)8-11(19)10-22-17/h2-3,8-10,12,23-24H,4-7H2,1H3. The summed E-state index contributed by atoms with van der Waals surface area (Å²) in [5.41, 5.74) is -1.47. The third-order valence-corrected chi connectivity index (χ3v) is 6.22. The van der Waals surface area contributed by atoms with Crippen molar-refractivity contribution in [1.82, 2.24) is 9.71 Å². The zero-order valence-electron chi connectivity index (χ0n) is 14.5. The van der Waals surface area contributed by atoms with E-state index in [-0.39, 0.29) is 16.5 Å². The number of hydrogen-bond donors (Lipinski definition) is 2. The van der Waals surface area contributed by atoms with Crippen LogP contribution < -0.4 is 4.72 Å². The topological polar surface area (TPSA) is 79.3 Å². The first-order valence-corrected chi connectivity index (χ1v) is 9.91. The summed E-state index contributed by atoms with van der Waals surface area (Å²) >= 11 is 0. The number of halogens is 3. The minimum absolute atomic E-state index is 0.264. The molecule has 1 saturated carbocycles. The number of rotatable bonds is 4. The summed E-state index contributed by atoms with van der Waals surface area (Å²) in [6.07, 6.45) is 2.61. The van der Waals surface area contributed by atoms with Crippen LogP contribution >= 0.6 is 0 Å². The van der Waals surface area contributed by atoms with Gasteiger partial charge in [-0.2, -0.15) is 0 Å². The second-order valence-electron chi connectivity index (χ2n) is 7.02. The van der Waals surface area contributed by atoms with E-state index < -0.39 is 38.8 Å². The van der Waals surface area contributed by atoms with Crippen LogP contribution in [-0.4, -0.2) is 30.2 Å². The van der Waals surface area contributed by atoms with Gasteiger partial charge in [-0.25, -0.2) is 26.3 Å². The lowest BCUT2D eigenvalue weighted by Crippen LogP contribution is -2.42. The van der Waals surface area contributed by atoms with E-state index in [2.05, 4.69) is 9.71 Å². The van der Waals surface area contributed by atoms with Crippen LogP contribution in [0.1, 0.15) is 32.6 Å². The van der Waals surface area contributed by atoms with Crippen LogP contribution in [0.15, 0.2) is 35.4 Å². The van der Waals surface area contributed by atoms with E-state index >= 15 is 0 Å². The molecular weight excluding hydrogens is 381 g/mol. The van der Waals surface area contributed by atoms with Crippen LogP contribution in [0, 0.1) is 17.5 Å². The van der Waals surface area contributed by atoms with E-state index in [0.717, 1.165) is 24.4 Å². The lowest BCUT2D eigenvalue weighted by Gasteiger charge is -2.33. The van der Waals surface area contributed by atoms with Crippen molar-refractivity contribution >= 4 is 10.0 Å². The SMILES string of the molecule is CC1(O)CCC(NS(=O)(=O)c2ccc(-c3ncc(F)cc3F)c(F)c2)CC1. The van der Waals surface area contributed by atoms with Gasteiger partial charge in [0.2, 0.25) is 10.0 Å². The zero-order valence-corrected chi connectivity index (χ0v) is 15.4. The van der Waals surface area contributed by atoms with Crippen LogP contribution in [0.25, 0.3) is 11.3 Å². The highest BCUT2D eigenvalue weighted by Crippen LogP contribution is 2.29. The zero-order chi connectivity index (χ0) is 19.8. The van der Waals surface area contributed by atoms with E-state index in [4.69, 9.17) is 0 Å². The number of nitrogens with one attached hydrogen (secondary N) is 1. The van der Waals surface area contributed by atoms with Crippen molar-refractivity contribution < 1.29 is 26.7 Å². The largest absolute Gasteiger partial charge is 0.390 e. The van der Waals surface area contributed by atoms with Gasteiger partial charge in [0.1, 0.15) is 17.3 Å². The van der Waals surface area contributed by atoms with Crippen molar-refractivity contribution in [3.05, 3.63) is 47.9 Å². The fourth-order valence-corrected chi connectivity index (χ4v) is 4.43. The molecule has 1 aliphatic carbocycles. The van der Waals surface area contributed by atoms with Gasteiger partial charge in [-0.15, -0.1) is 0 Å². The number of hydrogen-bond acceptors (Lipinski definition) is 4. The molecule has 1 aromatic heterocycles. The molecule has 1 aliphatic rings. The van der Waals surface area contributed by atoms with Crippen molar-refractivity contribution in [2.75, 3.05) is 0 Å². The summed E-state index contributed by atoms with van der Waals surface area (Å²) in [4.78, 5) is 3.23. The molecule has 27 heavy (non-hydrogen) atoms. The van der Waals surface area contributed by atoms with Crippen molar-refractivity contribution in [3.8, 4) is 11.3 Å². The molecule has 0 spiro atoms. The van der Waals surface area contributed by atoms with Crippen molar-refractivity contribution in [2.45, 2.75) is 49.1 Å². The Kier molecular flexibility index (Phi) is 5.29. The van der Waals surface area contributed by atoms with E-state index in [0.29, 0.717) is 31.7 Å². The summed E-state index contributed by atoms with van der Waals surface area (Å²) in [5.74, 6) is -2.93.